The standard InChI is InChI=1S/C17H11BrN2O2S/c18-12-6-4-5-11(9-12)10-14-15(21)19-17(23)20(16(14)22)13-7-2-1-3-8-13/h1-10H,(H,19,21,23)/b14-10-. The molecule has 1 aliphatic rings. The van der Waals surface area contributed by atoms with E-state index in [0.29, 0.717) is 5.69 Å². The molecule has 1 saturated heterocycles. The molecule has 4 nitrogen and oxygen atoms in total. The topological polar surface area (TPSA) is 49.4 Å². The monoisotopic (exact) mass is 386 g/mol. The third kappa shape index (κ3) is 3.23. The lowest BCUT2D eigenvalue weighted by Crippen LogP contribution is -2.54. The van der Waals surface area contributed by atoms with Gasteiger partial charge in [0, 0.05) is 4.47 Å². The molecule has 0 bridgehead atoms. The van der Waals surface area contributed by atoms with Crippen molar-refractivity contribution in [2.24, 2.45) is 0 Å². The number of hydrogen-bond donors (Lipinski definition) is 1. The molecule has 1 heterocycles. The Labute approximate surface area is 146 Å². The Morgan fingerprint density at radius 1 is 1.04 bits per heavy atom. The Bertz CT molecular complexity index is 833. The van der Waals surface area contributed by atoms with E-state index in [0.717, 1.165) is 10.0 Å². The first kappa shape index (κ1) is 15.6. The number of anilines is 1. The average molecular weight is 387 g/mol. The highest BCUT2D eigenvalue weighted by Crippen LogP contribution is 2.22. The van der Waals surface area contributed by atoms with E-state index in [-0.39, 0.29) is 10.7 Å². The Morgan fingerprint density at radius 3 is 2.48 bits per heavy atom. The lowest BCUT2D eigenvalue weighted by atomic mass is 10.1. The first-order chi connectivity index (χ1) is 11.1. The molecule has 1 aliphatic heterocycles. The number of halogens is 1. The van der Waals surface area contributed by atoms with E-state index in [2.05, 4.69) is 21.2 Å². The minimum absolute atomic E-state index is 0.0422. The fourth-order valence-electron chi connectivity index (χ4n) is 2.23. The summed E-state index contributed by atoms with van der Waals surface area (Å²) in [4.78, 5) is 26.2. The maximum atomic E-state index is 12.7. The van der Waals surface area contributed by atoms with Gasteiger partial charge in [-0.05, 0) is 48.1 Å². The number of nitrogens with zero attached hydrogens (tertiary/aromatic N) is 1. The van der Waals surface area contributed by atoms with Gasteiger partial charge in [-0.2, -0.15) is 0 Å². The average Bonchev–Trinajstić information content (AvgIpc) is 2.52. The van der Waals surface area contributed by atoms with E-state index in [1.807, 2.05) is 30.3 Å². The molecule has 0 spiro atoms. The Kier molecular flexibility index (Phi) is 4.36. The van der Waals surface area contributed by atoms with Gasteiger partial charge in [-0.1, -0.05) is 46.3 Å². The van der Waals surface area contributed by atoms with Crippen LogP contribution in [-0.2, 0) is 9.59 Å². The van der Waals surface area contributed by atoms with Crippen molar-refractivity contribution in [2.45, 2.75) is 0 Å². The van der Waals surface area contributed by atoms with Gasteiger partial charge in [0.15, 0.2) is 5.11 Å². The number of nitrogens with one attached hydrogen (secondary N) is 1. The highest BCUT2D eigenvalue weighted by atomic mass is 79.9. The molecule has 114 valence electrons. The van der Waals surface area contributed by atoms with Gasteiger partial charge in [0.25, 0.3) is 11.8 Å². The zero-order valence-corrected chi connectivity index (χ0v) is 14.2. The van der Waals surface area contributed by atoms with E-state index >= 15 is 0 Å². The van der Waals surface area contributed by atoms with Gasteiger partial charge in [-0.3, -0.25) is 19.8 Å². The van der Waals surface area contributed by atoms with E-state index < -0.39 is 11.8 Å². The van der Waals surface area contributed by atoms with Crippen molar-refractivity contribution in [3.8, 4) is 0 Å². The number of amides is 2. The Morgan fingerprint density at radius 2 is 1.78 bits per heavy atom. The van der Waals surface area contributed by atoms with E-state index in [4.69, 9.17) is 12.2 Å². The summed E-state index contributed by atoms with van der Waals surface area (Å²) in [6.07, 6.45) is 1.56. The summed E-state index contributed by atoms with van der Waals surface area (Å²) in [7, 11) is 0. The van der Waals surface area contributed by atoms with Crippen molar-refractivity contribution in [2.75, 3.05) is 4.90 Å². The zero-order chi connectivity index (χ0) is 16.4. The normalized spacial score (nSPS) is 16.7. The Hall–Kier alpha value is -2.31. The van der Waals surface area contributed by atoms with Gasteiger partial charge in [-0.25, -0.2) is 0 Å². The minimum Gasteiger partial charge on any atom is -0.298 e. The van der Waals surface area contributed by atoms with Crippen molar-refractivity contribution >= 4 is 56.8 Å². The molecule has 23 heavy (non-hydrogen) atoms. The quantitative estimate of drug-likeness (QED) is 0.489. The van der Waals surface area contributed by atoms with Crippen LogP contribution in [-0.4, -0.2) is 16.9 Å². The van der Waals surface area contributed by atoms with Crippen molar-refractivity contribution in [3.63, 3.8) is 0 Å². The summed E-state index contributed by atoms with van der Waals surface area (Å²) in [5.41, 5.74) is 1.40. The fourth-order valence-corrected chi connectivity index (χ4v) is 2.93. The van der Waals surface area contributed by atoms with E-state index in [1.165, 1.54) is 4.90 Å². The molecule has 0 unspecified atom stereocenters. The number of thiocarbonyl (C=S) groups is 1. The number of para-hydroxylation sites is 1. The third-order valence-electron chi connectivity index (χ3n) is 3.28. The smallest absolute Gasteiger partial charge is 0.270 e. The number of benzene rings is 2. The van der Waals surface area contributed by atoms with Gasteiger partial charge >= 0.3 is 0 Å². The third-order valence-corrected chi connectivity index (χ3v) is 4.05. The van der Waals surface area contributed by atoms with E-state index in [1.54, 1.807) is 30.3 Å². The zero-order valence-electron chi connectivity index (χ0n) is 11.8. The maximum Gasteiger partial charge on any atom is 0.270 e. The first-order valence-corrected chi connectivity index (χ1v) is 7.98. The second kappa shape index (κ2) is 6.44. The summed E-state index contributed by atoms with van der Waals surface area (Å²) in [5, 5.41) is 2.64. The molecule has 0 radical (unpaired) electrons. The number of hydrogen-bond acceptors (Lipinski definition) is 3. The van der Waals surface area contributed by atoms with Crippen molar-refractivity contribution in [1.29, 1.82) is 0 Å². The van der Waals surface area contributed by atoms with Crippen molar-refractivity contribution < 1.29 is 9.59 Å². The van der Waals surface area contributed by atoms with Crippen LogP contribution in [0.4, 0.5) is 5.69 Å². The van der Waals surface area contributed by atoms with Crippen LogP contribution in [0, 0.1) is 0 Å². The van der Waals surface area contributed by atoms with Crippen LogP contribution in [0.1, 0.15) is 5.56 Å². The number of rotatable bonds is 2. The second-order valence-electron chi connectivity index (χ2n) is 4.85. The fraction of sp³-hybridized carbons (Fsp3) is 0. The Balaban J connectivity index is 2.02. The van der Waals surface area contributed by atoms with Crippen molar-refractivity contribution in [3.05, 3.63) is 70.2 Å². The molecular formula is C17H11BrN2O2S. The highest BCUT2D eigenvalue weighted by molar-refractivity contribution is 9.10. The molecule has 0 saturated carbocycles. The van der Waals surface area contributed by atoms with Gasteiger partial charge in [0.05, 0.1) is 5.69 Å². The molecule has 0 aromatic heterocycles. The van der Waals surface area contributed by atoms with Crippen LogP contribution in [0.2, 0.25) is 0 Å². The van der Waals surface area contributed by atoms with Gasteiger partial charge in [0.1, 0.15) is 5.57 Å². The van der Waals surface area contributed by atoms with Gasteiger partial charge in [-0.15, -0.1) is 0 Å². The van der Waals surface area contributed by atoms with Crippen molar-refractivity contribution in [1.82, 2.24) is 5.32 Å². The predicted molar refractivity (Wildman–Crippen MR) is 96.8 cm³/mol. The van der Waals surface area contributed by atoms with Crippen LogP contribution < -0.4 is 10.2 Å². The highest BCUT2D eigenvalue weighted by Gasteiger charge is 2.34. The molecule has 2 aromatic rings. The summed E-state index contributed by atoms with van der Waals surface area (Å²) in [6, 6.07) is 16.3. The van der Waals surface area contributed by atoms with Gasteiger partial charge < -0.3 is 0 Å². The van der Waals surface area contributed by atoms with Crippen LogP contribution >= 0.6 is 28.1 Å². The van der Waals surface area contributed by atoms with E-state index in [9.17, 15) is 9.59 Å². The molecule has 2 aromatic carbocycles. The summed E-state index contributed by atoms with van der Waals surface area (Å²) < 4.78 is 0.867. The molecular weight excluding hydrogens is 376 g/mol. The molecule has 2 amide bonds. The minimum atomic E-state index is -0.493. The SMILES string of the molecule is O=C1NC(=S)N(c2ccccc2)C(=O)/C1=C\c1cccc(Br)c1. The predicted octanol–water partition coefficient (Wildman–Crippen LogP) is 3.28. The van der Waals surface area contributed by atoms with Crippen LogP contribution in [0.25, 0.3) is 6.08 Å². The molecule has 3 rings (SSSR count). The summed E-state index contributed by atoms with van der Waals surface area (Å²) in [6.45, 7) is 0. The lowest BCUT2D eigenvalue weighted by Gasteiger charge is -2.28. The van der Waals surface area contributed by atoms with Crippen LogP contribution in [0.15, 0.2) is 64.6 Å². The van der Waals surface area contributed by atoms with Gasteiger partial charge in [0.2, 0.25) is 0 Å². The summed E-state index contributed by atoms with van der Waals surface area (Å²) in [5.74, 6) is -0.933. The first-order valence-electron chi connectivity index (χ1n) is 6.78. The molecule has 0 aliphatic carbocycles. The summed E-state index contributed by atoms with van der Waals surface area (Å²) >= 11 is 8.51. The molecule has 0 atom stereocenters. The second-order valence-corrected chi connectivity index (χ2v) is 6.15. The number of carbonyl (C=O) groups is 2. The molecule has 6 heteroatoms. The number of carbonyl (C=O) groups excluding carboxylic acids is 2. The maximum absolute atomic E-state index is 12.7. The lowest BCUT2D eigenvalue weighted by molar-refractivity contribution is -0.122. The largest absolute Gasteiger partial charge is 0.298 e. The van der Waals surface area contributed by atoms with Crippen LogP contribution in [0.3, 0.4) is 0 Å². The molecule has 1 N–H and O–H groups in total. The van der Waals surface area contributed by atoms with Crippen LogP contribution in [0.5, 0.6) is 0 Å². The molecule has 1 fully saturated rings.